The number of halogens is 3. The van der Waals surface area contributed by atoms with Gasteiger partial charge in [-0.05, 0) is 6.07 Å². The third-order valence-electron chi connectivity index (χ3n) is 1.90. The molecule has 1 aromatic rings. The van der Waals surface area contributed by atoms with E-state index in [1.165, 1.54) is 6.07 Å². The van der Waals surface area contributed by atoms with Crippen molar-refractivity contribution in [3.05, 3.63) is 23.0 Å². The highest BCUT2D eigenvalue weighted by Crippen LogP contribution is 2.29. The normalized spacial score (nSPS) is 10.8. The second-order valence-electron chi connectivity index (χ2n) is 3.07. The fraction of sp³-hybridized carbons (Fsp3) is 0.333. The van der Waals surface area contributed by atoms with Crippen LogP contribution in [0.2, 0.25) is 0 Å². The number of rotatable bonds is 4. The molecule has 0 atom stereocenters. The highest BCUT2D eigenvalue weighted by atomic mass is 79.9. The van der Waals surface area contributed by atoms with Crippen LogP contribution in [0.5, 0.6) is 0 Å². The van der Waals surface area contributed by atoms with Crippen LogP contribution in [-0.4, -0.2) is 16.1 Å². The summed E-state index contributed by atoms with van der Waals surface area (Å²) in [5, 5.41) is 8.66. The summed E-state index contributed by atoms with van der Waals surface area (Å²) in [5.74, 6) is -1.09. The van der Waals surface area contributed by atoms with Crippen molar-refractivity contribution in [2.24, 2.45) is 0 Å². The van der Waals surface area contributed by atoms with Gasteiger partial charge >= 0.3 is 5.97 Å². The highest BCUT2D eigenvalue weighted by molar-refractivity contribution is 9.08. The number of hydrogen-bond acceptors (Lipinski definition) is 3. The van der Waals surface area contributed by atoms with Crippen molar-refractivity contribution >= 4 is 27.6 Å². The van der Waals surface area contributed by atoms with Crippen molar-refractivity contribution in [2.45, 2.75) is 18.2 Å². The fourth-order valence-corrected chi connectivity index (χ4v) is 1.72. The lowest BCUT2D eigenvalue weighted by Gasteiger charge is -2.10. The first-order valence-corrected chi connectivity index (χ1v) is 5.42. The summed E-state index contributed by atoms with van der Waals surface area (Å²) in [6.07, 6.45) is -3.06. The molecule has 0 amide bonds. The second-order valence-corrected chi connectivity index (χ2v) is 3.63. The monoisotopic (exact) mass is 294 g/mol. The maximum Gasteiger partial charge on any atom is 0.309 e. The minimum atomic E-state index is -2.72. The zero-order valence-electron chi connectivity index (χ0n) is 8.08. The molecule has 0 bridgehead atoms. The molecule has 4 nitrogen and oxygen atoms in total. The Bertz CT molecular complexity index is 413. The van der Waals surface area contributed by atoms with E-state index in [1.807, 2.05) is 0 Å². The number of carboxylic acid groups (broad SMARTS) is 1. The standard InChI is InChI=1S/C9H9BrF2N2O2/c10-3-6-8(9(11)12)5(13)1-4(14-6)2-7(15)16/h1,9H,2-3H2,(H2,13,14)(H,15,16). The summed E-state index contributed by atoms with van der Waals surface area (Å²) < 4.78 is 25.2. The molecule has 0 fully saturated rings. The summed E-state index contributed by atoms with van der Waals surface area (Å²) in [4.78, 5) is 14.3. The molecule has 7 heteroatoms. The SMILES string of the molecule is Nc1cc(CC(=O)O)nc(CBr)c1C(F)F. The summed E-state index contributed by atoms with van der Waals surface area (Å²) in [6, 6.07) is 1.17. The maximum absolute atomic E-state index is 12.6. The first-order chi connectivity index (χ1) is 7.45. The molecular weight excluding hydrogens is 286 g/mol. The number of aliphatic carboxylic acids is 1. The number of alkyl halides is 3. The van der Waals surface area contributed by atoms with Gasteiger partial charge in [0.1, 0.15) is 0 Å². The third-order valence-corrected chi connectivity index (χ3v) is 2.43. The predicted molar refractivity (Wildman–Crippen MR) is 57.6 cm³/mol. The molecule has 0 saturated carbocycles. The van der Waals surface area contributed by atoms with Crippen LogP contribution < -0.4 is 5.73 Å². The Balaban J connectivity index is 3.20. The fourth-order valence-electron chi connectivity index (χ4n) is 1.29. The van der Waals surface area contributed by atoms with E-state index < -0.39 is 12.4 Å². The Morgan fingerprint density at radius 3 is 2.69 bits per heavy atom. The molecule has 3 N–H and O–H groups in total. The third kappa shape index (κ3) is 2.88. The zero-order valence-corrected chi connectivity index (χ0v) is 9.67. The van der Waals surface area contributed by atoms with Gasteiger partial charge in [-0.25, -0.2) is 8.78 Å². The van der Waals surface area contributed by atoms with E-state index in [0.717, 1.165) is 0 Å². The van der Waals surface area contributed by atoms with Crippen LogP contribution in [-0.2, 0) is 16.5 Å². The highest BCUT2D eigenvalue weighted by Gasteiger charge is 2.19. The van der Waals surface area contributed by atoms with Crippen LogP contribution in [0.1, 0.15) is 23.4 Å². The lowest BCUT2D eigenvalue weighted by atomic mass is 10.1. The van der Waals surface area contributed by atoms with Gasteiger partial charge in [0.05, 0.1) is 23.4 Å². The smallest absolute Gasteiger partial charge is 0.309 e. The maximum atomic E-state index is 12.6. The molecule has 1 aromatic heterocycles. The van der Waals surface area contributed by atoms with Crippen LogP contribution in [0.3, 0.4) is 0 Å². The topological polar surface area (TPSA) is 76.2 Å². The summed E-state index contributed by atoms with van der Waals surface area (Å²) in [6.45, 7) is 0. The molecule has 0 saturated heterocycles. The molecule has 0 aliphatic rings. The minimum Gasteiger partial charge on any atom is -0.481 e. The van der Waals surface area contributed by atoms with Crippen LogP contribution in [0.4, 0.5) is 14.5 Å². The number of aromatic nitrogens is 1. The van der Waals surface area contributed by atoms with E-state index in [2.05, 4.69) is 20.9 Å². The van der Waals surface area contributed by atoms with Crippen molar-refractivity contribution in [3.63, 3.8) is 0 Å². The first kappa shape index (κ1) is 12.8. The second kappa shape index (κ2) is 5.20. The number of nitrogens with zero attached hydrogens (tertiary/aromatic N) is 1. The average Bonchev–Trinajstić information content (AvgIpc) is 2.14. The molecule has 0 aromatic carbocycles. The number of hydrogen-bond donors (Lipinski definition) is 2. The van der Waals surface area contributed by atoms with Crippen molar-refractivity contribution in [2.75, 3.05) is 5.73 Å². The van der Waals surface area contributed by atoms with E-state index in [0.29, 0.717) is 0 Å². The van der Waals surface area contributed by atoms with Gasteiger partial charge in [-0.15, -0.1) is 0 Å². The molecule has 88 valence electrons. The molecule has 0 radical (unpaired) electrons. The van der Waals surface area contributed by atoms with Crippen molar-refractivity contribution in [1.29, 1.82) is 0 Å². The van der Waals surface area contributed by atoms with Crippen molar-refractivity contribution in [1.82, 2.24) is 4.98 Å². The largest absolute Gasteiger partial charge is 0.481 e. The van der Waals surface area contributed by atoms with E-state index in [-0.39, 0.29) is 34.4 Å². The lowest BCUT2D eigenvalue weighted by Crippen LogP contribution is -2.09. The molecule has 1 rings (SSSR count). The van der Waals surface area contributed by atoms with Crippen LogP contribution in [0.15, 0.2) is 6.07 Å². The summed E-state index contributed by atoms with van der Waals surface area (Å²) in [5.41, 5.74) is 5.22. The predicted octanol–water partition coefficient (Wildman–Crippen LogP) is 2.12. The van der Waals surface area contributed by atoms with Gasteiger partial charge in [0, 0.05) is 11.0 Å². The first-order valence-electron chi connectivity index (χ1n) is 4.29. The quantitative estimate of drug-likeness (QED) is 0.834. The minimum absolute atomic E-state index is 0.0752. The van der Waals surface area contributed by atoms with Gasteiger partial charge < -0.3 is 10.8 Å². The van der Waals surface area contributed by atoms with Gasteiger partial charge in [0.25, 0.3) is 6.43 Å². The molecule has 0 aliphatic carbocycles. The zero-order chi connectivity index (χ0) is 12.3. The molecule has 0 spiro atoms. The van der Waals surface area contributed by atoms with Gasteiger partial charge in [-0.3, -0.25) is 9.78 Å². The van der Waals surface area contributed by atoms with Crippen LogP contribution >= 0.6 is 15.9 Å². The average molecular weight is 295 g/mol. The number of carbonyl (C=O) groups is 1. The van der Waals surface area contributed by atoms with E-state index in [9.17, 15) is 13.6 Å². The van der Waals surface area contributed by atoms with Gasteiger partial charge in [0.15, 0.2) is 0 Å². The van der Waals surface area contributed by atoms with Crippen LogP contribution in [0.25, 0.3) is 0 Å². The Morgan fingerprint density at radius 1 is 1.62 bits per heavy atom. The Morgan fingerprint density at radius 2 is 2.25 bits per heavy atom. The molecule has 16 heavy (non-hydrogen) atoms. The Kier molecular flexibility index (Phi) is 4.17. The number of carboxylic acids is 1. The Labute approximate surface area is 98.6 Å². The van der Waals surface area contributed by atoms with Crippen LogP contribution in [0, 0.1) is 0 Å². The van der Waals surface area contributed by atoms with Gasteiger partial charge in [-0.2, -0.15) is 0 Å². The van der Waals surface area contributed by atoms with Gasteiger partial charge in [0.2, 0.25) is 0 Å². The molecule has 0 unspecified atom stereocenters. The van der Waals surface area contributed by atoms with Gasteiger partial charge in [-0.1, -0.05) is 15.9 Å². The Hall–Kier alpha value is -1.24. The van der Waals surface area contributed by atoms with Crippen molar-refractivity contribution < 1.29 is 18.7 Å². The summed E-state index contributed by atoms with van der Waals surface area (Å²) in [7, 11) is 0. The van der Waals surface area contributed by atoms with Crippen molar-refractivity contribution in [3.8, 4) is 0 Å². The number of pyridine rings is 1. The molecule has 0 aliphatic heterocycles. The molecular formula is C9H9BrF2N2O2. The number of nitrogens with two attached hydrogens (primary N) is 1. The lowest BCUT2D eigenvalue weighted by molar-refractivity contribution is -0.136. The summed E-state index contributed by atoms with van der Waals surface area (Å²) >= 11 is 3.01. The molecule has 1 heterocycles. The number of nitrogen functional groups attached to an aromatic ring is 1. The van der Waals surface area contributed by atoms with E-state index in [4.69, 9.17) is 10.8 Å². The number of anilines is 1. The van der Waals surface area contributed by atoms with E-state index in [1.54, 1.807) is 0 Å². The van der Waals surface area contributed by atoms with E-state index >= 15 is 0 Å².